The lowest BCUT2D eigenvalue weighted by molar-refractivity contribution is 0.0600. The molecule has 6 aromatic rings. The summed E-state index contributed by atoms with van der Waals surface area (Å²) in [6, 6.07) is 27.1. The summed E-state index contributed by atoms with van der Waals surface area (Å²) in [7, 11) is 1.30. The molecule has 0 radical (unpaired) electrons. The van der Waals surface area contributed by atoms with Gasteiger partial charge in [-0.25, -0.2) is 24.7 Å². The summed E-state index contributed by atoms with van der Waals surface area (Å²) >= 11 is 0. The summed E-state index contributed by atoms with van der Waals surface area (Å²) in [5.41, 5.74) is 11.3. The molecular formula is C31H23N7O3. The fraction of sp³-hybridized carbons (Fsp3) is 0.0323. The molecule has 0 spiro atoms. The standard InChI is InChI=1S/C31H23N7O3/c1-41-31(40)21-11-9-20(10-12-21)30(39)37-26-16-13-22(18-34-26)38-28(23-8-5-17-33-27(23)32)36-25-15-14-24(35-29(25)38)19-6-3-2-4-7-19/h2-18H,1H3,(H2,32,33)(H,34,37,39). The zero-order valence-electron chi connectivity index (χ0n) is 21.9. The van der Waals surface area contributed by atoms with Gasteiger partial charge in [0.25, 0.3) is 5.91 Å². The van der Waals surface area contributed by atoms with Crippen LogP contribution in [-0.2, 0) is 4.74 Å². The number of benzene rings is 2. The Hall–Kier alpha value is -5.90. The lowest BCUT2D eigenvalue weighted by Gasteiger charge is -2.11. The molecule has 10 nitrogen and oxygen atoms in total. The van der Waals surface area contributed by atoms with Crippen molar-refractivity contribution in [3.05, 3.63) is 115 Å². The van der Waals surface area contributed by atoms with E-state index in [-0.39, 0.29) is 5.91 Å². The Morgan fingerprint density at radius 1 is 0.829 bits per heavy atom. The zero-order chi connectivity index (χ0) is 28.3. The maximum Gasteiger partial charge on any atom is 0.337 e. The minimum Gasteiger partial charge on any atom is -0.465 e. The highest BCUT2D eigenvalue weighted by atomic mass is 16.5. The number of pyridine rings is 3. The summed E-state index contributed by atoms with van der Waals surface area (Å²) in [4.78, 5) is 42.9. The van der Waals surface area contributed by atoms with E-state index in [1.165, 1.54) is 19.2 Å². The van der Waals surface area contributed by atoms with Crippen LogP contribution in [0.2, 0.25) is 0 Å². The molecule has 0 atom stereocenters. The molecule has 0 aliphatic heterocycles. The molecule has 0 unspecified atom stereocenters. The second-order valence-corrected chi connectivity index (χ2v) is 9.04. The average Bonchev–Trinajstić information content (AvgIpc) is 3.40. The summed E-state index contributed by atoms with van der Waals surface area (Å²) in [6.45, 7) is 0. The maximum atomic E-state index is 12.8. The molecule has 6 rings (SSSR count). The first-order valence-electron chi connectivity index (χ1n) is 12.6. The van der Waals surface area contributed by atoms with E-state index in [1.54, 1.807) is 36.7 Å². The molecule has 2 aromatic carbocycles. The molecule has 0 aliphatic rings. The third-order valence-electron chi connectivity index (χ3n) is 6.47. The number of ether oxygens (including phenoxy) is 1. The van der Waals surface area contributed by atoms with E-state index in [0.717, 1.165) is 11.3 Å². The fourth-order valence-electron chi connectivity index (χ4n) is 4.42. The highest BCUT2D eigenvalue weighted by Gasteiger charge is 2.19. The lowest BCUT2D eigenvalue weighted by atomic mass is 10.1. The number of esters is 1. The minimum absolute atomic E-state index is 0.336. The second kappa shape index (κ2) is 10.7. The number of nitrogens with two attached hydrogens (primary N) is 1. The molecule has 3 N–H and O–H groups in total. The smallest absolute Gasteiger partial charge is 0.337 e. The van der Waals surface area contributed by atoms with Crippen LogP contribution in [0.1, 0.15) is 20.7 Å². The predicted octanol–water partition coefficient (Wildman–Crippen LogP) is 5.17. The number of methoxy groups -OCH3 is 1. The van der Waals surface area contributed by atoms with Crippen LogP contribution in [0.4, 0.5) is 11.6 Å². The van der Waals surface area contributed by atoms with Gasteiger partial charge in [0.2, 0.25) is 0 Å². The van der Waals surface area contributed by atoms with E-state index in [2.05, 4.69) is 15.3 Å². The molecule has 10 heteroatoms. The monoisotopic (exact) mass is 541 g/mol. The van der Waals surface area contributed by atoms with Gasteiger partial charge >= 0.3 is 5.97 Å². The molecule has 4 aromatic heterocycles. The molecule has 0 bridgehead atoms. The van der Waals surface area contributed by atoms with E-state index >= 15 is 0 Å². The Bertz CT molecular complexity index is 1880. The third kappa shape index (κ3) is 4.97. The summed E-state index contributed by atoms with van der Waals surface area (Å²) < 4.78 is 6.58. The van der Waals surface area contributed by atoms with Crippen LogP contribution in [-0.4, -0.2) is 43.5 Å². The number of fused-ring (bicyclic) bond motifs is 1. The Labute approximate surface area is 234 Å². The first-order chi connectivity index (χ1) is 20.0. The van der Waals surface area contributed by atoms with E-state index in [0.29, 0.717) is 51.0 Å². The summed E-state index contributed by atoms with van der Waals surface area (Å²) in [6.07, 6.45) is 3.25. The minimum atomic E-state index is -0.473. The molecule has 4 heterocycles. The van der Waals surface area contributed by atoms with Crippen LogP contribution in [0.5, 0.6) is 0 Å². The predicted molar refractivity (Wildman–Crippen MR) is 155 cm³/mol. The van der Waals surface area contributed by atoms with E-state index in [1.807, 2.05) is 59.2 Å². The van der Waals surface area contributed by atoms with Gasteiger partial charge in [-0.05, 0) is 60.7 Å². The van der Waals surface area contributed by atoms with Gasteiger partial charge in [0.05, 0.1) is 35.8 Å². The largest absolute Gasteiger partial charge is 0.465 e. The number of aromatic nitrogens is 5. The van der Waals surface area contributed by atoms with E-state index in [9.17, 15) is 9.59 Å². The first-order valence-corrected chi connectivity index (χ1v) is 12.6. The van der Waals surface area contributed by atoms with Crippen LogP contribution in [0.3, 0.4) is 0 Å². The average molecular weight is 542 g/mol. The third-order valence-corrected chi connectivity index (χ3v) is 6.47. The van der Waals surface area contributed by atoms with Crippen LogP contribution in [0.25, 0.3) is 39.5 Å². The van der Waals surface area contributed by atoms with Gasteiger partial charge in [-0.1, -0.05) is 30.3 Å². The van der Waals surface area contributed by atoms with Gasteiger partial charge < -0.3 is 15.8 Å². The van der Waals surface area contributed by atoms with Crippen molar-refractivity contribution in [1.82, 2.24) is 24.5 Å². The molecule has 0 fully saturated rings. The quantitative estimate of drug-likeness (QED) is 0.276. The van der Waals surface area contributed by atoms with Crippen LogP contribution in [0, 0.1) is 0 Å². The SMILES string of the molecule is COC(=O)c1ccc(C(=O)Nc2ccc(-n3c(-c4cccnc4N)nc4ccc(-c5ccccc5)nc43)cn2)cc1. The Balaban J connectivity index is 1.37. The van der Waals surface area contributed by atoms with Crippen molar-refractivity contribution < 1.29 is 14.3 Å². The molecule has 41 heavy (non-hydrogen) atoms. The van der Waals surface area contributed by atoms with Crippen LogP contribution in [0.15, 0.2) is 103 Å². The van der Waals surface area contributed by atoms with Gasteiger partial charge in [-0.15, -0.1) is 0 Å². The van der Waals surface area contributed by atoms with Crippen LogP contribution < -0.4 is 11.1 Å². The van der Waals surface area contributed by atoms with Crippen molar-refractivity contribution in [3.63, 3.8) is 0 Å². The van der Waals surface area contributed by atoms with Crippen molar-refractivity contribution >= 4 is 34.7 Å². The van der Waals surface area contributed by atoms with Crippen molar-refractivity contribution in [2.75, 3.05) is 18.2 Å². The second-order valence-electron chi connectivity index (χ2n) is 9.04. The Morgan fingerprint density at radius 3 is 2.32 bits per heavy atom. The van der Waals surface area contributed by atoms with Crippen molar-refractivity contribution in [3.8, 4) is 28.3 Å². The zero-order valence-corrected chi connectivity index (χ0v) is 21.9. The summed E-state index contributed by atoms with van der Waals surface area (Å²) in [5, 5.41) is 2.78. The molecule has 0 saturated carbocycles. The number of amides is 1. The molecule has 0 saturated heterocycles. The topological polar surface area (TPSA) is 138 Å². The normalized spacial score (nSPS) is 10.9. The van der Waals surface area contributed by atoms with Gasteiger partial charge in [-0.3, -0.25) is 9.36 Å². The van der Waals surface area contributed by atoms with Crippen molar-refractivity contribution in [2.24, 2.45) is 0 Å². The van der Waals surface area contributed by atoms with Gasteiger partial charge in [0.15, 0.2) is 11.5 Å². The number of nitrogens with one attached hydrogen (secondary N) is 1. The number of nitrogen functional groups attached to an aromatic ring is 1. The molecule has 200 valence electrons. The molecule has 0 aliphatic carbocycles. The highest BCUT2D eigenvalue weighted by Crippen LogP contribution is 2.31. The highest BCUT2D eigenvalue weighted by molar-refractivity contribution is 6.04. The first kappa shape index (κ1) is 25.4. The molecular weight excluding hydrogens is 518 g/mol. The van der Waals surface area contributed by atoms with E-state index in [4.69, 9.17) is 20.4 Å². The number of imidazole rings is 1. The number of hydrogen-bond donors (Lipinski definition) is 2. The lowest BCUT2D eigenvalue weighted by Crippen LogP contribution is -2.13. The number of rotatable bonds is 6. The number of hydrogen-bond acceptors (Lipinski definition) is 8. The Morgan fingerprint density at radius 2 is 1.61 bits per heavy atom. The summed E-state index contributed by atoms with van der Waals surface area (Å²) in [5.74, 6) is 0.405. The van der Waals surface area contributed by atoms with Gasteiger partial charge in [0.1, 0.15) is 17.2 Å². The van der Waals surface area contributed by atoms with Gasteiger partial charge in [0, 0.05) is 17.3 Å². The number of carbonyl (C=O) groups excluding carboxylic acids is 2. The maximum absolute atomic E-state index is 12.8. The fourth-order valence-corrected chi connectivity index (χ4v) is 4.42. The number of nitrogens with zero attached hydrogens (tertiary/aromatic N) is 5. The van der Waals surface area contributed by atoms with E-state index < -0.39 is 5.97 Å². The van der Waals surface area contributed by atoms with Gasteiger partial charge in [-0.2, -0.15) is 0 Å². The van der Waals surface area contributed by atoms with Crippen molar-refractivity contribution in [2.45, 2.75) is 0 Å². The number of anilines is 2. The molecule has 1 amide bonds. The Kier molecular flexibility index (Phi) is 6.62. The van der Waals surface area contributed by atoms with Crippen LogP contribution >= 0.6 is 0 Å². The van der Waals surface area contributed by atoms with Crippen molar-refractivity contribution in [1.29, 1.82) is 0 Å². The number of carbonyl (C=O) groups is 2.